The van der Waals surface area contributed by atoms with E-state index in [4.69, 9.17) is 14.9 Å². The van der Waals surface area contributed by atoms with Crippen LogP contribution in [0.2, 0.25) is 0 Å². The third-order valence-electron chi connectivity index (χ3n) is 3.82. The molecule has 0 bridgehead atoms. The predicted octanol–water partition coefficient (Wildman–Crippen LogP) is 0.678. The molecule has 0 saturated carbocycles. The lowest BCUT2D eigenvalue weighted by molar-refractivity contribution is -0.134. The number of nitrogens with two attached hydrogens (primary N) is 1. The van der Waals surface area contributed by atoms with Crippen LogP contribution >= 0.6 is 0 Å². The second kappa shape index (κ2) is 8.17. The molecule has 6 nitrogen and oxygen atoms in total. The van der Waals surface area contributed by atoms with Gasteiger partial charge in [-0.05, 0) is 25.0 Å². The molecule has 1 unspecified atom stereocenters. The average molecular weight is 295 g/mol. The quantitative estimate of drug-likeness (QED) is 0.749. The number of carbonyl (C=O) groups is 1. The molecule has 2 N–H and O–H groups in total. The Labute approximate surface area is 125 Å². The molecule has 1 fully saturated rings. The molecule has 6 heteroatoms. The fourth-order valence-electron chi connectivity index (χ4n) is 2.55. The second-order valence-corrected chi connectivity index (χ2v) is 5.42. The molecule has 1 aliphatic rings. The van der Waals surface area contributed by atoms with Gasteiger partial charge in [-0.15, -0.1) is 0 Å². The Balaban J connectivity index is 1.71. The number of nitrogens with zero attached hydrogens (tertiary/aromatic N) is 2. The van der Waals surface area contributed by atoms with Gasteiger partial charge in [-0.2, -0.15) is 0 Å². The molecule has 1 amide bonds. The Morgan fingerprint density at radius 2 is 2.19 bits per heavy atom. The highest BCUT2D eigenvalue weighted by Crippen LogP contribution is 2.10. The lowest BCUT2D eigenvalue weighted by Crippen LogP contribution is -2.52. The van der Waals surface area contributed by atoms with Crippen LogP contribution in [0.1, 0.15) is 18.6 Å². The van der Waals surface area contributed by atoms with Gasteiger partial charge in [0.05, 0.1) is 18.8 Å². The van der Waals surface area contributed by atoms with E-state index in [1.165, 1.54) is 0 Å². The first-order valence-corrected chi connectivity index (χ1v) is 7.48. The van der Waals surface area contributed by atoms with E-state index in [1.807, 2.05) is 17.0 Å². The number of rotatable bonds is 7. The predicted molar refractivity (Wildman–Crippen MR) is 79.7 cm³/mol. The minimum absolute atomic E-state index is 0.0590. The molecule has 1 aromatic rings. The Morgan fingerprint density at radius 1 is 1.43 bits per heavy atom. The molecule has 2 rings (SSSR count). The zero-order valence-electron chi connectivity index (χ0n) is 12.7. The lowest BCUT2D eigenvalue weighted by Gasteiger charge is -2.35. The van der Waals surface area contributed by atoms with Gasteiger partial charge in [0.2, 0.25) is 5.91 Å². The molecule has 0 aliphatic carbocycles. The number of amides is 1. The highest BCUT2D eigenvalue weighted by molar-refractivity contribution is 5.81. The van der Waals surface area contributed by atoms with Gasteiger partial charge in [0.15, 0.2) is 0 Å². The highest BCUT2D eigenvalue weighted by Gasteiger charge is 2.25. The summed E-state index contributed by atoms with van der Waals surface area (Å²) < 4.78 is 10.3. The molecule has 1 aliphatic heterocycles. The van der Waals surface area contributed by atoms with Crippen molar-refractivity contribution in [2.24, 2.45) is 5.73 Å². The third kappa shape index (κ3) is 4.84. The van der Waals surface area contributed by atoms with Crippen molar-refractivity contribution in [2.45, 2.75) is 25.4 Å². The van der Waals surface area contributed by atoms with Crippen LogP contribution in [0.3, 0.4) is 0 Å². The Morgan fingerprint density at radius 3 is 2.81 bits per heavy atom. The first-order chi connectivity index (χ1) is 10.2. The van der Waals surface area contributed by atoms with E-state index in [9.17, 15) is 4.79 Å². The van der Waals surface area contributed by atoms with Gasteiger partial charge in [0.25, 0.3) is 0 Å². The monoisotopic (exact) mass is 295 g/mol. The standard InChI is InChI=1S/C15H25N3O3/c1-20-10-3-5-14(16)15(19)18-8-6-17(7-9-18)12-13-4-2-11-21-13/h2,4,11,14H,3,5-10,12,16H2,1H3. The zero-order chi connectivity index (χ0) is 15.1. The van der Waals surface area contributed by atoms with E-state index in [0.717, 1.165) is 44.9 Å². The van der Waals surface area contributed by atoms with E-state index in [2.05, 4.69) is 4.90 Å². The van der Waals surface area contributed by atoms with Crippen LogP contribution in [-0.4, -0.2) is 61.6 Å². The molecule has 21 heavy (non-hydrogen) atoms. The fraction of sp³-hybridized carbons (Fsp3) is 0.667. The van der Waals surface area contributed by atoms with Crippen LogP contribution in [0.25, 0.3) is 0 Å². The van der Waals surface area contributed by atoms with Crippen LogP contribution in [-0.2, 0) is 16.1 Å². The Kier molecular flexibility index (Phi) is 6.22. The first-order valence-electron chi connectivity index (χ1n) is 7.48. The van der Waals surface area contributed by atoms with Crippen molar-refractivity contribution < 1.29 is 13.9 Å². The number of ether oxygens (including phenoxy) is 1. The lowest BCUT2D eigenvalue weighted by atomic mass is 10.1. The Hall–Kier alpha value is -1.37. The van der Waals surface area contributed by atoms with E-state index < -0.39 is 6.04 Å². The van der Waals surface area contributed by atoms with Crippen molar-refractivity contribution in [2.75, 3.05) is 39.9 Å². The maximum Gasteiger partial charge on any atom is 0.239 e. The summed E-state index contributed by atoms with van der Waals surface area (Å²) in [6.07, 6.45) is 3.19. The average Bonchev–Trinajstić information content (AvgIpc) is 3.00. The van der Waals surface area contributed by atoms with Gasteiger partial charge in [0.1, 0.15) is 5.76 Å². The maximum atomic E-state index is 12.2. The number of hydrogen-bond donors (Lipinski definition) is 1. The summed E-state index contributed by atoms with van der Waals surface area (Å²) in [6.45, 7) is 4.64. The summed E-state index contributed by atoms with van der Waals surface area (Å²) in [5.74, 6) is 1.02. The normalized spacial score (nSPS) is 17.9. The molecule has 0 radical (unpaired) electrons. The topological polar surface area (TPSA) is 71.9 Å². The van der Waals surface area contributed by atoms with Crippen molar-refractivity contribution in [3.63, 3.8) is 0 Å². The van der Waals surface area contributed by atoms with Gasteiger partial charge in [-0.3, -0.25) is 9.69 Å². The molecule has 2 heterocycles. The SMILES string of the molecule is COCCCC(N)C(=O)N1CCN(Cc2ccco2)CC1. The minimum atomic E-state index is -0.406. The second-order valence-electron chi connectivity index (χ2n) is 5.42. The van der Waals surface area contributed by atoms with E-state index in [1.54, 1.807) is 13.4 Å². The summed E-state index contributed by atoms with van der Waals surface area (Å²) in [6, 6.07) is 3.47. The van der Waals surface area contributed by atoms with Crippen molar-refractivity contribution in [3.8, 4) is 0 Å². The molecule has 0 aromatic carbocycles. The third-order valence-corrected chi connectivity index (χ3v) is 3.82. The van der Waals surface area contributed by atoms with E-state index in [-0.39, 0.29) is 5.91 Å². The number of furan rings is 1. The van der Waals surface area contributed by atoms with Crippen LogP contribution in [0.15, 0.2) is 22.8 Å². The molecular formula is C15H25N3O3. The summed E-state index contributed by atoms with van der Waals surface area (Å²) in [5, 5.41) is 0. The van der Waals surface area contributed by atoms with Crippen LogP contribution in [0.4, 0.5) is 0 Å². The Bertz CT molecular complexity index is 414. The first kappa shape index (κ1) is 16.0. The number of piperazine rings is 1. The fourth-order valence-corrected chi connectivity index (χ4v) is 2.55. The van der Waals surface area contributed by atoms with Crippen molar-refractivity contribution in [1.29, 1.82) is 0 Å². The number of carbonyl (C=O) groups excluding carboxylic acids is 1. The summed E-state index contributed by atoms with van der Waals surface area (Å²) in [4.78, 5) is 16.4. The smallest absolute Gasteiger partial charge is 0.239 e. The summed E-state index contributed by atoms with van der Waals surface area (Å²) in [7, 11) is 1.66. The summed E-state index contributed by atoms with van der Waals surface area (Å²) >= 11 is 0. The van der Waals surface area contributed by atoms with Crippen molar-refractivity contribution >= 4 is 5.91 Å². The molecule has 0 spiro atoms. The minimum Gasteiger partial charge on any atom is -0.468 e. The summed E-state index contributed by atoms with van der Waals surface area (Å²) in [5.41, 5.74) is 5.96. The van der Waals surface area contributed by atoms with E-state index in [0.29, 0.717) is 13.0 Å². The maximum absolute atomic E-state index is 12.2. The van der Waals surface area contributed by atoms with Gasteiger partial charge < -0.3 is 19.8 Å². The molecular weight excluding hydrogens is 270 g/mol. The molecule has 118 valence electrons. The van der Waals surface area contributed by atoms with Crippen LogP contribution in [0.5, 0.6) is 0 Å². The van der Waals surface area contributed by atoms with E-state index >= 15 is 0 Å². The molecule has 1 saturated heterocycles. The van der Waals surface area contributed by atoms with Crippen molar-refractivity contribution in [1.82, 2.24) is 9.80 Å². The van der Waals surface area contributed by atoms with Crippen LogP contribution < -0.4 is 5.73 Å². The largest absolute Gasteiger partial charge is 0.468 e. The zero-order valence-corrected chi connectivity index (χ0v) is 12.7. The van der Waals surface area contributed by atoms with Gasteiger partial charge >= 0.3 is 0 Å². The highest BCUT2D eigenvalue weighted by atomic mass is 16.5. The molecule has 1 aromatic heterocycles. The molecule has 1 atom stereocenters. The van der Waals surface area contributed by atoms with Gasteiger partial charge in [-0.25, -0.2) is 0 Å². The number of methoxy groups -OCH3 is 1. The van der Waals surface area contributed by atoms with Gasteiger partial charge in [0, 0.05) is 39.9 Å². The van der Waals surface area contributed by atoms with Crippen molar-refractivity contribution in [3.05, 3.63) is 24.2 Å². The number of hydrogen-bond acceptors (Lipinski definition) is 5. The van der Waals surface area contributed by atoms with Gasteiger partial charge in [-0.1, -0.05) is 0 Å². The van der Waals surface area contributed by atoms with Crippen LogP contribution in [0, 0.1) is 0 Å².